The maximum absolute atomic E-state index is 4.58. The Bertz CT molecular complexity index is 5210. The van der Waals surface area contributed by atoms with Gasteiger partial charge in [-0.05, 0) is 88.2 Å². The standard InChI is InChI=1S/C24H19N2.C22H17N2.C21H19N2.C17H16N3S.12C2H6.4Y/c1-17-11-12-18(2)21(15-17)16-25-26-24-22-9-5-3-7-19(22)13-14-20-8-4-6-10-23(20)24;1-15-11-12-16(2)17(13-15)14-23-24-22-20-9-5-3-7-18(20)19-8-4-6-10-21(19)22;1-15-8-9-16(2)21(12-15)14-22-23-17(3)19-11-10-18-6-4-5-7-20(18)13-19;1-12-8-9-13(2)14(10-12)11-18-19-17-20(3)15-6-4-5-7-16(15)21-17;12*1-2;;;;/h3-15H,1-2H3;3-13H,1-2H3;4-13H,1-3H3;4-10H,1-3H3;12*1-2H3;;;;/q4*-1;;;;;;;;;;;;;;;;/b;;23-17+;19-17-;;;;;;;;;;;;;;;;. The average Bonchev–Trinajstić information content (AvgIpc) is 1.61. The van der Waals surface area contributed by atoms with Crippen molar-refractivity contribution in [3.63, 3.8) is 0 Å². The molecule has 0 unspecified atom stereocenters. The minimum atomic E-state index is 0. The molecular formula is C108H143N9SY4-4. The monoisotopic (exact) mass is 1950 g/mol. The van der Waals surface area contributed by atoms with E-state index in [4.69, 9.17) is 0 Å². The Morgan fingerprint density at radius 3 is 0.975 bits per heavy atom. The number of aryl methyl sites for hydroxylation is 9. The molecular weight excluding hydrogens is 1810 g/mol. The number of fused-ring (bicyclic) bond motifs is 7. The number of thiazole rings is 1. The molecule has 1 heterocycles. The van der Waals surface area contributed by atoms with Crippen LogP contribution in [-0.4, -0.2) is 40.8 Å². The normalized spacial score (nSPS) is 9.90. The molecule has 14 heteroatoms. The van der Waals surface area contributed by atoms with E-state index in [2.05, 4.69) is 309 Å². The SMILES string of the molecule is C/C(=N\N=[C-]c1cc(C)ccc1C)c1ccc2ccccc2c1.CC.CC.CC.CC.CC.CC.CC.CC.CC.CC.CC.CC.Cc1ccc(C)c([C-]=N/N=c2\sc3ccccc3n2C)c1.Cc1ccc(C)c([C-]=NN=C2c3ccccc3-c3ccccc32)c1.Cc1ccc(C)c([C-]=NN=c2c3ccccc3ccc3ccccc23)c1.[Y].[Y].[Y].[Y]. The topological polar surface area (TPSA) is 104 Å². The summed E-state index contributed by atoms with van der Waals surface area (Å²) in [6, 6.07) is 85.3. The summed E-state index contributed by atoms with van der Waals surface area (Å²) in [5, 5.41) is 42.3. The molecule has 0 saturated heterocycles. The van der Waals surface area contributed by atoms with E-state index in [9.17, 15) is 0 Å². The van der Waals surface area contributed by atoms with E-state index < -0.39 is 0 Å². The van der Waals surface area contributed by atoms with Crippen LogP contribution in [0.15, 0.2) is 290 Å². The van der Waals surface area contributed by atoms with E-state index >= 15 is 0 Å². The largest absolute Gasteiger partial charge is 0.318 e. The maximum atomic E-state index is 4.58. The third kappa shape index (κ3) is 41.6. The van der Waals surface area contributed by atoms with E-state index in [0.29, 0.717) is 0 Å². The van der Waals surface area contributed by atoms with Gasteiger partial charge in [-0.3, -0.25) is 0 Å². The van der Waals surface area contributed by atoms with E-state index in [-0.39, 0.29) is 131 Å². The number of hydrogen-bond acceptors (Lipinski definition) is 9. The maximum Gasteiger partial charge on any atom is 0.210 e. The number of rotatable bonds is 9. The van der Waals surface area contributed by atoms with Crippen molar-refractivity contribution in [2.45, 2.75) is 228 Å². The summed E-state index contributed by atoms with van der Waals surface area (Å²) < 4.78 is 3.26. The van der Waals surface area contributed by atoms with Crippen molar-refractivity contribution in [2.75, 3.05) is 0 Å². The fraction of sp³-hybridized carbons (Fsp3) is 0.315. The van der Waals surface area contributed by atoms with Crippen LogP contribution in [0.5, 0.6) is 0 Å². The first kappa shape index (κ1) is 126. The van der Waals surface area contributed by atoms with Crippen LogP contribution < -0.4 is 10.2 Å². The smallest absolute Gasteiger partial charge is 0.210 e. The summed E-state index contributed by atoms with van der Waals surface area (Å²) in [5.41, 5.74) is 22.1. The Hall–Kier alpha value is -6.78. The van der Waals surface area contributed by atoms with Gasteiger partial charge in [0.25, 0.3) is 0 Å². The van der Waals surface area contributed by atoms with E-state index in [0.717, 1.165) is 104 Å². The number of para-hydroxylation sites is 1. The Balaban J connectivity index is -0.000000336. The predicted molar refractivity (Wildman–Crippen MR) is 533 cm³/mol. The minimum absolute atomic E-state index is 0. The number of hydrogen-bond donors (Lipinski definition) is 0. The number of aromatic nitrogens is 1. The van der Waals surface area contributed by atoms with Gasteiger partial charge in [-0.25, -0.2) is 20.4 Å². The van der Waals surface area contributed by atoms with Crippen molar-refractivity contribution >= 4 is 90.2 Å². The van der Waals surface area contributed by atoms with Crippen LogP contribution in [0.3, 0.4) is 0 Å². The fourth-order valence-electron chi connectivity index (χ4n) is 10.9. The molecule has 642 valence electrons. The first-order valence-electron chi connectivity index (χ1n) is 43.2. The zero-order valence-corrected chi connectivity index (χ0v) is 93.1. The van der Waals surface area contributed by atoms with Crippen LogP contribution in [-0.2, 0) is 138 Å². The van der Waals surface area contributed by atoms with Crippen molar-refractivity contribution in [1.82, 2.24) is 4.57 Å². The van der Waals surface area contributed by atoms with Crippen LogP contribution >= 0.6 is 11.3 Å². The van der Waals surface area contributed by atoms with Crippen molar-refractivity contribution < 1.29 is 131 Å². The van der Waals surface area contributed by atoms with Crippen LogP contribution in [0.2, 0.25) is 0 Å². The van der Waals surface area contributed by atoms with Gasteiger partial charge < -0.3 is 4.57 Å². The fourth-order valence-corrected chi connectivity index (χ4v) is 11.8. The minimum Gasteiger partial charge on any atom is -0.318 e. The summed E-state index contributed by atoms with van der Waals surface area (Å²) in [5.74, 6) is 0. The average molecular weight is 1960 g/mol. The van der Waals surface area contributed by atoms with Gasteiger partial charge in [-0.15, -0.1) is 51.6 Å². The molecule has 9 nitrogen and oxygen atoms in total. The Morgan fingerprint density at radius 1 is 0.287 bits per heavy atom. The molecule has 12 aromatic carbocycles. The van der Waals surface area contributed by atoms with Crippen LogP contribution in [0, 0.1) is 55.4 Å². The van der Waals surface area contributed by atoms with Gasteiger partial charge in [-0.2, -0.15) is 84.1 Å². The summed E-state index contributed by atoms with van der Waals surface area (Å²) in [6.45, 7) is 66.5. The van der Waals surface area contributed by atoms with Gasteiger partial charge in [0.2, 0.25) is 4.80 Å². The molecule has 122 heavy (non-hydrogen) atoms. The summed E-state index contributed by atoms with van der Waals surface area (Å²) in [4.78, 5) is 0.869. The first-order valence-corrected chi connectivity index (χ1v) is 44.0. The van der Waals surface area contributed by atoms with Crippen molar-refractivity contribution in [2.24, 2.45) is 47.9 Å². The third-order valence-corrected chi connectivity index (χ3v) is 17.4. The van der Waals surface area contributed by atoms with Gasteiger partial charge in [0.15, 0.2) is 0 Å². The second-order valence-electron chi connectivity index (χ2n) is 23.4. The zero-order valence-electron chi connectivity index (χ0n) is 80.9. The quantitative estimate of drug-likeness (QED) is 0.0780. The Morgan fingerprint density at radius 2 is 0.590 bits per heavy atom. The molecule has 0 amide bonds. The van der Waals surface area contributed by atoms with Crippen molar-refractivity contribution in [3.05, 3.63) is 342 Å². The van der Waals surface area contributed by atoms with Crippen molar-refractivity contribution in [3.8, 4) is 11.1 Å². The summed E-state index contributed by atoms with van der Waals surface area (Å²) in [6.07, 6.45) is 12.2. The molecule has 1 aromatic heterocycles. The second kappa shape index (κ2) is 77.8. The van der Waals surface area contributed by atoms with E-state index in [1.807, 2.05) is 245 Å². The molecule has 0 fully saturated rings. The van der Waals surface area contributed by atoms with E-state index in [1.165, 1.54) is 54.4 Å². The zero-order chi connectivity index (χ0) is 89.5. The van der Waals surface area contributed by atoms with E-state index in [1.54, 1.807) is 11.3 Å². The van der Waals surface area contributed by atoms with Gasteiger partial charge in [0, 0.05) is 160 Å². The van der Waals surface area contributed by atoms with Crippen LogP contribution in [0.4, 0.5) is 0 Å². The number of nitrogens with zero attached hydrogens (tertiary/aromatic N) is 9. The van der Waals surface area contributed by atoms with Crippen LogP contribution in [0.1, 0.15) is 257 Å². The van der Waals surface area contributed by atoms with Gasteiger partial charge in [-0.1, -0.05) is 415 Å². The molecule has 1 aliphatic carbocycles. The second-order valence-corrected chi connectivity index (χ2v) is 24.4. The molecule has 0 bridgehead atoms. The predicted octanol–water partition coefficient (Wildman–Crippen LogP) is 31.6. The Kier molecular flexibility index (Phi) is 80.3. The molecule has 0 atom stereocenters. The molecule has 0 N–H and O–H groups in total. The summed E-state index contributed by atoms with van der Waals surface area (Å²) >= 11 is 1.63. The Labute approximate surface area is 845 Å². The third-order valence-electron chi connectivity index (χ3n) is 16.3. The molecule has 4 radical (unpaired) electrons. The van der Waals surface area contributed by atoms with Gasteiger partial charge in [0.1, 0.15) is 11.1 Å². The summed E-state index contributed by atoms with van der Waals surface area (Å²) in [7, 11) is 2.01. The molecule has 0 aliphatic heterocycles. The molecule has 0 spiro atoms. The molecule has 0 saturated carbocycles. The molecule has 14 rings (SSSR count). The molecule has 1 aliphatic rings. The van der Waals surface area contributed by atoms with Crippen molar-refractivity contribution in [1.29, 1.82) is 0 Å². The first-order chi connectivity index (χ1) is 57.7. The van der Waals surface area contributed by atoms with Crippen LogP contribution in [0.25, 0.3) is 53.7 Å². The molecule has 13 aromatic rings. The van der Waals surface area contributed by atoms with Gasteiger partial charge in [0.05, 0.1) is 15.9 Å². The van der Waals surface area contributed by atoms with Gasteiger partial charge >= 0.3 is 0 Å². The number of benzene rings is 11.